The lowest BCUT2D eigenvalue weighted by atomic mass is 10.3. The molecule has 0 unspecified atom stereocenters. The third-order valence-electron chi connectivity index (χ3n) is 1.69. The predicted octanol–water partition coefficient (Wildman–Crippen LogP) is 2.47. The molecule has 0 aliphatic carbocycles. The van der Waals surface area contributed by atoms with E-state index in [-0.39, 0.29) is 4.75 Å². The van der Waals surface area contributed by atoms with Gasteiger partial charge in [0.1, 0.15) is 16.7 Å². The molecule has 0 bridgehead atoms. The standard InChI is InChI=1S/C10H15NO2S/c1-8-5-6-13-9(8)7-11-14(12)10(2,3)4/h5-7H,1-4H3/b11-7+/t14-/m1/s1. The van der Waals surface area contributed by atoms with E-state index in [4.69, 9.17) is 4.42 Å². The molecule has 0 amide bonds. The Hall–Kier alpha value is -0.900. The minimum atomic E-state index is -1.22. The summed E-state index contributed by atoms with van der Waals surface area (Å²) in [5, 5.41) is 0. The zero-order valence-electron chi connectivity index (χ0n) is 8.90. The number of furan rings is 1. The summed E-state index contributed by atoms with van der Waals surface area (Å²) >= 11 is 0. The SMILES string of the molecule is Cc1ccoc1/C=N/[S@](=O)C(C)(C)C. The van der Waals surface area contributed by atoms with Gasteiger partial charge < -0.3 is 4.42 Å². The van der Waals surface area contributed by atoms with Crippen LogP contribution >= 0.6 is 0 Å². The van der Waals surface area contributed by atoms with E-state index in [0.29, 0.717) is 5.76 Å². The van der Waals surface area contributed by atoms with Gasteiger partial charge in [-0.2, -0.15) is 4.40 Å². The van der Waals surface area contributed by atoms with Gasteiger partial charge in [-0.05, 0) is 39.3 Å². The van der Waals surface area contributed by atoms with E-state index in [9.17, 15) is 4.21 Å². The number of aryl methyl sites for hydroxylation is 1. The van der Waals surface area contributed by atoms with E-state index in [0.717, 1.165) is 5.56 Å². The highest BCUT2D eigenvalue weighted by molar-refractivity contribution is 7.85. The van der Waals surface area contributed by atoms with Crippen molar-refractivity contribution >= 4 is 17.2 Å². The molecule has 3 nitrogen and oxygen atoms in total. The van der Waals surface area contributed by atoms with Crippen molar-refractivity contribution in [3.8, 4) is 0 Å². The average molecular weight is 213 g/mol. The fourth-order valence-electron chi connectivity index (χ4n) is 0.771. The smallest absolute Gasteiger partial charge is 0.148 e. The Kier molecular flexibility index (Phi) is 3.26. The Bertz CT molecular complexity index is 360. The largest absolute Gasteiger partial charge is 0.463 e. The quantitative estimate of drug-likeness (QED) is 0.708. The lowest BCUT2D eigenvalue weighted by molar-refractivity contribution is 0.558. The second kappa shape index (κ2) is 4.09. The second-order valence-corrected chi connectivity index (χ2v) is 6.00. The highest BCUT2D eigenvalue weighted by atomic mass is 32.2. The molecule has 14 heavy (non-hydrogen) atoms. The third kappa shape index (κ3) is 2.80. The number of nitrogens with zero attached hydrogens (tertiary/aromatic N) is 1. The molecule has 0 N–H and O–H groups in total. The highest BCUT2D eigenvalue weighted by Crippen LogP contribution is 2.13. The van der Waals surface area contributed by atoms with Gasteiger partial charge in [0, 0.05) is 0 Å². The van der Waals surface area contributed by atoms with Crippen LogP contribution in [0.4, 0.5) is 0 Å². The number of rotatable bonds is 2. The topological polar surface area (TPSA) is 42.6 Å². The third-order valence-corrected chi connectivity index (χ3v) is 3.04. The van der Waals surface area contributed by atoms with Crippen molar-refractivity contribution in [2.75, 3.05) is 0 Å². The molecule has 0 aromatic carbocycles. The lowest BCUT2D eigenvalue weighted by Crippen LogP contribution is -2.19. The molecule has 0 aliphatic rings. The maximum absolute atomic E-state index is 11.5. The zero-order chi connectivity index (χ0) is 10.8. The molecular formula is C10H15NO2S. The molecule has 1 atom stereocenters. The highest BCUT2D eigenvalue weighted by Gasteiger charge is 2.18. The molecule has 0 aliphatic heterocycles. The van der Waals surface area contributed by atoms with Crippen molar-refractivity contribution in [2.45, 2.75) is 32.4 Å². The van der Waals surface area contributed by atoms with Crippen LogP contribution in [0.3, 0.4) is 0 Å². The van der Waals surface area contributed by atoms with Crippen LogP contribution in [0.25, 0.3) is 0 Å². The Morgan fingerprint density at radius 1 is 1.50 bits per heavy atom. The fraction of sp³-hybridized carbons (Fsp3) is 0.500. The van der Waals surface area contributed by atoms with Crippen molar-refractivity contribution in [3.63, 3.8) is 0 Å². The van der Waals surface area contributed by atoms with Crippen molar-refractivity contribution in [2.24, 2.45) is 4.40 Å². The van der Waals surface area contributed by atoms with Crippen LogP contribution in [0.2, 0.25) is 0 Å². The van der Waals surface area contributed by atoms with Gasteiger partial charge in [-0.25, -0.2) is 4.21 Å². The molecule has 1 aromatic rings. The maximum Gasteiger partial charge on any atom is 0.148 e. The first-order valence-electron chi connectivity index (χ1n) is 4.41. The van der Waals surface area contributed by atoms with Gasteiger partial charge >= 0.3 is 0 Å². The predicted molar refractivity (Wildman–Crippen MR) is 58.9 cm³/mol. The Labute approximate surface area is 86.8 Å². The molecule has 1 heterocycles. The maximum atomic E-state index is 11.5. The van der Waals surface area contributed by atoms with Crippen molar-refractivity contribution < 1.29 is 8.63 Å². The molecule has 0 radical (unpaired) electrons. The van der Waals surface area contributed by atoms with E-state index in [1.807, 2.05) is 33.8 Å². The molecule has 78 valence electrons. The van der Waals surface area contributed by atoms with Crippen LogP contribution in [-0.4, -0.2) is 15.2 Å². The van der Waals surface area contributed by atoms with Gasteiger partial charge in [0.05, 0.1) is 17.2 Å². The van der Waals surface area contributed by atoms with E-state index < -0.39 is 11.0 Å². The van der Waals surface area contributed by atoms with Gasteiger partial charge in [0.2, 0.25) is 0 Å². The summed E-state index contributed by atoms with van der Waals surface area (Å²) in [6.45, 7) is 7.57. The summed E-state index contributed by atoms with van der Waals surface area (Å²) in [5.41, 5.74) is 1.000. The molecule has 0 fully saturated rings. The molecule has 4 heteroatoms. The zero-order valence-corrected chi connectivity index (χ0v) is 9.72. The summed E-state index contributed by atoms with van der Waals surface area (Å²) in [4.78, 5) is 0. The van der Waals surface area contributed by atoms with Crippen LogP contribution in [0.1, 0.15) is 32.1 Å². The van der Waals surface area contributed by atoms with Crippen LogP contribution in [0.5, 0.6) is 0 Å². The van der Waals surface area contributed by atoms with E-state index in [1.165, 1.54) is 6.21 Å². The first-order valence-corrected chi connectivity index (χ1v) is 5.52. The summed E-state index contributed by atoms with van der Waals surface area (Å²) in [7, 11) is -1.22. The van der Waals surface area contributed by atoms with Crippen LogP contribution in [0, 0.1) is 6.92 Å². The first-order chi connectivity index (χ1) is 6.41. The normalized spacial score (nSPS) is 14.9. The Morgan fingerprint density at radius 2 is 2.14 bits per heavy atom. The molecule has 0 saturated heterocycles. The summed E-state index contributed by atoms with van der Waals surface area (Å²) < 4.78 is 20.3. The van der Waals surface area contributed by atoms with Gasteiger partial charge in [-0.15, -0.1) is 0 Å². The van der Waals surface area contributed by atoms with Crippen molar-refractivity contribution in [1.82, 2.24) is 0 Å². The summed E-state index contributed by atoms with van der Waals surface area (Å²) in [6, 6.07) is 1.85. The Morgan fingerprint density at radius 3 is 2.57 bits per heavy atom. The van der Waals surface area contributed by atoms with Gasteiger partial charge in [-0.1, -0.05) is 0 Å². The van der Waals surface area contributed by atoms with Crippen LogP contribution in [0.15, 0.2) is 21.1 Å². The van der Waals surface area contributed by atoms with E-state index in [1.54, 1.807) is 6.26 Å². The van der Waals surface area contributed by atoms with Crippen LogP contribution < -0.4 is 0 Å². The van der Waals surface area contributed by atoms with Crippen molar-refractivity contribution in [3.05, 3.63) is 23.7 Å². The van der Waals surface area contributed by atoms with E-state index >= 15 is 0 Å². The van der Waals surface area contributed by atoms with Gasteiger partial charge in [0.15, 0.2) is 0 Å². The molecule has 0 saturated carbocycles. The number of hydrogen-bond acceptors (Lipinski definition) is 2. The average Bonchev–Trinajstić information content (AvgIpc) is 2.45. The first kappa shape index (κ1) is 11.2. The minimum absolute atomic E-state index is 0.322. The van der Waals surface area contributed by atoms with Gasteiger partial charge in [0.25, 0.3) is 0 Å². The molecule has 1 aromatic heterocycles. The van der Waals surface area contributed by atoms with Crippen LogP contribution in [-0.2, 0) is 11.0 Å². The van der Waals surface area contributed by atoms with E-state index in [2.05, 4.69) is 4.40 Å². The molecular weight excluding hydrogens is 198 g/mol. The van der Waals surface area contributed by atoms with Crippen molar-refractivity contribution in [1.29, 1.82) is 0 Å². The minimum Gasteiger partial charge on any atom is -0.463 e. The molecule has 0 spiro atoms. The number of hydrogen-bond donors (Lipinski definition) is 0. The summed E-state index contributed by atoms with van der Waals surface area (Å²) in [5.74, 6) is 0.669. The van der Waals surface area contributed by atoms with Gasteiger partial charge in [-0.3, -0.25) is 0 Å². The Balaban J connectivity index is 2.75. The summed E-state index contributed by atoms with van der Waals surface area (Å²) in [6.07, 6.45) is 3.12. The fourth-order valence-corrected chi connectivity index (χ4v) is 1.28. The second-order valence-electron chi connectivity index (χ2n) is 4.06. The lowest BCUT2D eigenvalue weighted by Gasteiger charge is -2.12. The monoisotopic (exact) mass is 213 g/mol. The molecule has 1 rings (SSSR count).